The Morgan fingerprint density at radius 3 is 1.59 bits per heavy atom. The Kier molecular flexibility index (Phi) is 6.56. The minimum atomic E-state index is -0.238. The summed E-state index contributed by atoms with van der Waals surface area (Å²) in [5, 5.41) is 4.38. The number of hydrogen-bond acceptors (Lipinski definition) is 8. The molecule has 8 rings (SSSR count). The van der Waals surface area contributed by atoms with Crippen LogP contribution >= 0.6 is 0 Å². The Bertz CT molecular complexity index is 1560. The van der Waals surface area contributed by atoms with Crippen LogP contribution in [0, 0.1) is 0 Å². The van der Waals surface area contributed by atoms with E-state index in [0.717, 1.165) is 81.9 Å². The van der Waals surface area contributed by atoms with Crippen molar-refractivity contribution in [3.63, 3.8) is 0 Å². The van der Waals surface area contributed by atoms with Gasteiger partial charge in [-0.3, -0.25) is 0 Å². The van der Waals surface area contributed by atoms with Gasteiger partial charge in [0.05, 0.1) is 26.4 Å². The van der Waals surface area contributed by atoms with Crippen LogP contribution < -0.4 is 18.9 Å². The summed E-state index contributed by atoms with van der Waals surface area (Å²) in [6.45, 7) is 4.58. The van der Waals surface area contributed by atoms with Crippen molar-refractivity contribution in [3.8, 4) is 23.0 Å². The largest absolute Gasteiger partial charge is 0.491 e. The first-order valence-electron chi connectivity index (χ1n) is 14.4. The van der Waals surface area contributed by atoms with Crippen LogP contribution in [0.5, 0.6) is 23.0 Å². The molecule has 0 aliphatic carbocycles. The van der Waals surface area contributed by atoms with Crippen molar-refractivity contribution >= 4 is 21.5 Å². The average molecular weight is 557 g/mol. The summed E-state index contributed by atoms with van der Waals surface area (Å²) < 4.78 is 46.7. The number of epoxide rings is 3. The third-order valence-electron chi connectivity index (χ3n) is 7.90. The molecular formula is C33H32O8. The first kappa shape index (κ1) is 25.2. The van der Waals surface area contributed by atoms with Gasteiger partial charge in [-0.15, -0.1) is 0 Å². The van der Waals surface area contributed by atoms with Gasteiger partial charge in [-0.1, -0.05) is 24.3 Å². The lowest BCUT2D eigenvalue weighted by molar-refractivity contribution is -0.165. The summed E-state index contributed by atoms with van der Waals surface area (Å²) in [5.74, 6) is 3.25. The fourth-order valence-corrected chi connectivity index (χ4v) is 5.15. The monoisotopic (exact) mass is 556 g/mol. The lowest BCUT2D eigenvalue weighted by atomic mass is 9.93. The second kappa shape index (κ2) is 10.7. The van der Waals surface area contributed by atoms with Gasteiger partial charge >= 0.3 is 0 Å². The van der Waals surface area contributed by atoms with E-state index in [0.29, 0.717) is 32.8 Å². The fourth-order valence-electron chi connectivity index (χ4n) is 5.15. The van der Waals surface area contributed by atoms with Crippen LogP contribution in [0.2, 0.25) is 0 Å². The number of ether oxygens (including phenoxy) is 8. The molecule has 0 saturated carbocycles. The molecule has 4 aromatic rings. The van der Waals surface area contributed by atoms with Crippen molar-refractivity contribution in [2.45, 2.75) is 37.4 Å². The summed E-state index contributed by atoms with van der Waals surface area (Å²) in [4.78, 5) is 0. The Hall–Kier alpha value is -3.56. The molecule has 8 heteroatoms. The van der Waals surface area contributed by atoms with Crippen LogP contribution in [0.15, 0.2) is 60.7 Å². The molecule has 0 amide bonds. The van der Waals surface area contributed by atoms with E-state index < -0.39 is 0 Å². The lowest BCUT2D eigenvalue weighted by Gasteiger charge is -2.28. The van der Waals surface area contributed by atoms with Gasteiger partial charge in [0.25, 0.3) is 0 Å². The Labute approximate surface area is 237 Å². The molecule has 4 saturated heterocycles. The van der Waals surface area contributed by atoms with Crippen LogP contribution in [0.4, 0.5) is 0 Å². The molecule has 0 spiro atoms. The molecule has 4 fully saturated rings. The Morgan fingerprint density at radius 2 is 1.07 bits per heavy atom. The molecule has 4 aliphatic rings. The first-order chi connectivity index (χ1) is 20.2. The van der Waals surface area contributed by atoms with Crippen LogP contribution in [0.1, 0.15) is 17.5 Å². The normalized spacial score (nSPS) is 24.1. The van der Waals surface area contributed by atoms with Crippen molar-refractivity contribution in [1.29, 1.82) is 0 Å². The molecule has 212 valence electrons. The van der Waals surface area contributed by atoms with Gasteiger partial charge in [-0.05, 0) is 57.9 Å². The van der Waals surface area contributed by atoms with Crippen molar-refractivity contribution in [3.05, 3.63) is 71.8 Å². The summed E-state index contributed by atoms with van der Waals surface area (Å²) in [6, 6.07) is 20.7. The zero-order chi connectivity index (χ0) is 27.2. The van der Waals surface area contributed by atoms with Gasteiger partial charge in [0, 0.05) is 24.0 Å². The average Bonchev–Trinajstić information content (AvgIpc) is 3.82. The third-order valence-corrected chi connectivity index (χ3v) is 7.90. The molecule has 41 heavy (non-hydrogen) atoms. The predicted molar refractivity (Wildman–Crippen MR) is 151 cm³/mol. The SMILES string of the molecule is c1cc2ccc(OCC3CO3)c(Cc3c(OC4CCO4)ccc4ccc(OC[C@@H]5CO5)cc34)c2cc1OCC1CO1. The van der Waals surface area contributed by atoms with E-state index in [1.165, 1.54) is 0 Å². The smallest absolute Gasteiger partial charge is 0.202 e. The molecule has 0 radical (unpaired) electrons. The van der Waals surface area contributed by atoms with E-state index in [9.17, 15) is 0 Å². The van der Waals surface area contributed by atoms with E-state index in [1.807, 2.05) is 18.2 Å². The number of benzene rings is 4. The summed E-state index contributed by atoms with van der Waals surface area (Å²) in [7, 11) is 0. The van der Waals surface area contributed by atoms with Crippen molar-refractivity contribution in [2.24, 2.45) is 0 Å². The zero-order valence-electron chi connectivity index (χ0n) is 22.7. The van der Waals surface area contributed by atoms with E-state index in [-0.39, 0.29) is 24.6 Å². The molecule has 3 unspecified atom stereocenters. The van der Waals surface area contributed by atoms with E-state index >= 15 is 0 Å². The maximum atomic E-state index is 6.38. The topological polar surface area (TPSA) is 83.7 Å². The van der Waals surface area contributed by atoms with Gasteiger partial charge in [-0.25, -0.2) is 0 Å². The zero-order valence-corrected chi connectivity index (χ0v) is 22.7. The summed E-state index contributed by atoms with van der Waals surface area (Å²) in [6.07, 6.45) is 1.74. The highest BCUT2D eigenvalue weighted by Crippen LogP contribution is 2.39. The van der Waals surface area contributed by atoms with Gasteiger partial charge in [0.15, 0.2) is 0 Å². The second-order valence-electron chi connectivity index (χ2n) is 11.0. The fraction of sp³-hybridized carbons (Fsp3) is 0.394. The molecule has 4 heterocycles. The molecule has 4 aromatic carbocycles. The van der Waals surface area contributed by atoms with Crippen LogP contribution in [0.3, 0.4) is 0 Å². The van der Waals surface area contributed by atoms with Crippen LogP contribution in [0.25, 0.3) is 21.5 Å². The highest BCUT2D eigenvalue weighted by atomic mass is 16.7. The van der Waals surface area contributed by atoms with Crippen molar-refractivity contribution < 1.29 is 37.9 Å². The number of hydrogen-bond donors (Lipinski definition) is 0. The molecule has 0 N–H and O–H groups in total. The van der Waals surface area contributed by atoms with Crippen molar-refractivity contribution in [1.82, 2.24) is 0 Å². The minimum absolute atomic E-state index is 0.147. The first-order valence-corrected chi connectivity index (χ1v) is 14.4. The van der Waals surface area contributed by atoms with Gasteiger partial charge in [0.2, 0.25) is 6.29 Å². The molecule has 8 nitrogen and oxygen atoms in total. The maximum absolute atomic E-state index is 6.38. The third kappa shape index (κ3) is 5.78. The molecule has 4 atom stereocenters. The summed E-state index contributed by atoms with van der Waals surface area (Å²) in [5.41, 5.74) is 2.13. The van der Waals surface area contributed by atoms with Gasteiger partial charge < -0.3 is 37.9 Å². The van der Waals surface area contributed by atoms with E-state index in [2.05, 4.69) is 42.5 Å². The van der Waals surface area contributed by atoms with Gasteiger partial charge in [-0.2, -0.15) is 0 Å². The molecular weight excluding hydrogens is 524 g/mol. The Balaban J connectivity index is 1.22. The second-order valence-corrected chi connectivity index (χ2v) is 11.0. The summed E-state index contributed by atoms with van der Waals surface area (Å²) >= 11 is 0. The molecule has 4 aliphatic heterocycles. The lowest BCUT2D eigenvalue weighted by Crippen LogP contribution is -2.32. The van der Waals surface area contributed by atoms with Crippen molar-refractivity contribution in [2.75, 3.05) is 46.2 Å². The van der Waals surface area contributed by atoms with E-state index in [4.69, 9.17) is 37.9 Å². The molecule has 0 aromatic heterocycles. The van der Waals surface area contributed by atoms with Gasteiger partial charge in [0.1, 0.15) is 61.1 Å². The quantitative estimate of drug-likeness (QED) is 0.212. The minimum Gasteiger partial charge on any atom is -0.491 e. The number of fused-ring (bicyclic) bond motifs is 2. The predicted octanol–water partition coefficient (Wildman–Crippen LogP) is 5.04. The standard InChI is InChI=1S/C33H32O8/c1-5-22(35-14-24-16-37-24)11-27-20(1)3-7-31(40-19-26-18-39-26)29(27)13-30-28-12-23(36-15-25-17-38-25)6-2-21(28)4-8-32(30)41-33-9-10-34-33/h1-8,11-12,24-26,33H,9-10,13-19H2/t24?,25-,26?,33?/m1/s1. The van der Waals surface area contributed by atoms with E-state index in [1.54, 1.807) is 0 Å². The number of rotatable bonds is 13. The molecule has 0 bridgehead atoms. The maximum Gasteiger partial charge on any atom is 0.202 e. The Morgan fingerprint density at radius 1 is 0.585 bits per heavy atom. The highest BCUT2D eigenvalue weighted by Gasteiger charge is 2.27. The highest BCUT2D eigenvalue weighted by molar-refractivity contribution is 5.93. The van der Waals surface area contributed by atoms with Crippen LogP contribution in [-0.4, -0.2) is 70.9 Å². The van der Waals surface area contributed by atoms with Crippen LogP contribution in [-0.2, 0) is 25.4 Å².